The number of hydrogen-bond donors (Lipinski definition) is 0. The molecular formula is C19H19N5O2. The number of para-hydroxylation sites is 1. The lowest BCUT2D eigenvalue weighted by Crippen LogP contribution is -2.31. The normalized spacial score (nSPS) is 17.5. The van der Waals surface area contributed by atoms with E-state index in [4.69, 9.17) is 0 Å². The molecule has 4 rings (SSSR count). The van der Waals surface area contributed by atoms with Crippen LogP contribution in [0.3, 0.4) is 0 Å². The molecule has 0 bridgehead atoms. The number of hydrogen-bond acceptors (Lipinski definition) is 5. The summed E-state index contributed by atoms with van der Waals surface area (Å²) in [5, 5.41) is 5.09. The van der Waals surface area contributed by atoms with Crippen molar-refractivity contribution in [3.8, 4) is 0 Å². The topological polar surface area (TPSA) is 81.0 Å². The highest BCUT2D eigenvalue weighted by Crippen LogP contribution is 2.25. The summed E-state index contributed by atoms with van der Waals surface area (Å²) in [6.07, 6.45) is 4.35. The van der Waals surface area contributed by atoms with Gasteiger partial charge >= 0.3 is 0 Å². The van der Waals surface area contributed by atoms with Crippen LogP contribution in [0, 0.1) is 12.8 Å². The molecule has 1 atom stereocenters. The first-order chi connectivity index (χ1) is 12.5. The van der Waals surface area contributed by atoms with Crippen LogP contribution in [0.5, 0.6) is 0 Å². The van der Waals surface area contributed by atoms with Crippen molar-refractivity contribution in [3.05, 3.63) is 53.7 Å². The van der Waals surface area contributed by atoms with Gasteiger partial charge in [0.1, 0.15) is 5.82 Å². The molecule has 0 saturated carbocycles. The van der Waals surface area contributed by atoms with E-state index < -0.39 is 0 Å². The molecule has 0 spiro atoms. The van der Waals surface area contributed by atoms with Crippen LogP contribution < -0.4 is 0 Å². The van der Waals surface area contributed by atoms with Crippen LogP contribution in [0.2, 0.25) is 0 Å². The summed E-state index contributed by atoms with van der Waals surface area (Å²) < 4.78 is 1.69. The van der Waals surface area contributed by atoms with E-state index in [0.29, 0.717) is 12.2 Å². The maximum absolute atomic E-state index is 12.7. The quantitative estimate of drug-likeness (QED) is 0.671. The highest BCUT2D eigenvalue weighted by molar-refractivity contribution is 6.03. The summed E-state index contributed by atoms with van der Waals surface area (Å²) in [4.78, 5) is 35.3. The Bertz CT molecular complexity index is 1010. The van der Waals surface area contributed by atoms with Crippen molar-refractivity contribution in [2.24, 2.45) is 13.0 Å². The Morgan fingerprint density at radius 1 is 1.19 bits per heavy atom. The monoisotopic (exact) mass is 349 g/mol. The Morgan fingerprint density at radius 3 is 2.77 bits per heavy atom. The SMILES string of the molecule is Cc1nc(CN2C(=O)C[C@H](Cc3cnn(C)c3)C2=O)nc2ccccc12. The van der Waals surface area contributed by atoms with E-state index in [0.717, 1.165) is 22.2 Å². The molecule has 0 unspecified atom stereocenters. The molecule has 132 valence electrons. The molecule has 0 N–H and O–H groups in total. The van der Waals surface area contributed by atoms with Gasteiger partial charge in [0.15, 0.2) is 0 Å². The summed E-state index contributed by atoms with van der Waals surface area (Å²) in [5.74, 6) is -0.176. The summed E-state index contributed by atoms with van der Waals surface area (Å²) in [6.45, 7) is 2.03. The molecule has 26 heavy (non-hydrogen) atoms. The van der Waals surface area contributed by atoms with Gasteiger partial charge in [-0.25, -0.2) is 9.97 Å². The average molecular weight is 349 g/mol. The predicted octanol–water partition coefficient (Wildman–Crippen LogP) is 1.79. The lowest BCUT2D eigenvalue weighted by atomic mass is 10.0. The van der Waals surface area contributed by atoms with Crippen molar-refractivity contribution in [2.45, 2.75) is 26.3 Å². The predicted molar refractivity (Wildman–Crippen MR) is 94.9 cm³/mol. The van der Waals surface area contributed by atoms with Crippen LogP contribution in [0.25, 0.3) is 10.9 Å². The van der Waals surface area contributed by atoms with Crippen LogP contribution in [0.15, 0.2) is 36.7 Å². The lowest BCUT2D eigenvalue weighted by molar-refractivity contribution is -0.140. The first-order valence-corrected chi connectivity index (χ1v) is 8.55. The molecule has 3 aromatic rings. The second kappa shape index (κ2) is 6.33. The molecule has 1 aromatic carbocycles. The van der Waals surface area contributed by atoms with Gasteiger partial charge in [0.2, 0.25) is 11.8 Å². The lowest BCUT2D eigenvalue weighted by Gasteiger charge is -2.14. The second-order valence-electron chi connectivity index (χ2n) is 6.69. The number of aryl methyl sites for hydroxylation is 2. The summed E-state index contributed by atoms with van der Waals surface area (Å²) in [5.41, 5.74) is 2.62. The third-order valence-corrected chi connectivity index (χ3v) is 4.72. The van der Waals surface area contributed by atoms with Crippen LogP contribution in [0.4, 0.5) is 0 Å². The average Bonchev–Trinajstić information content (AvgIpc) is 3.13. The number of rotatable bonds is 4. The van der Waals surface area contributed by atoms with Gasteiger partial charge in [-0.05, 0) is 25.0 Å². The van der Waals surface area contributed by atoms with Crippen molar-refractivity contribution in [1.82, 2.24) is 24.6 Å². The number of aromatic nitrogens is 4. The zero-order chi connectivity index (χ0) is 18.3. The standard InChI is InChI=1S/C19H19N5O2/c1-12-15-5-3-4-6-16(15)22-17(21-12)11-24-18(25)8-14(19(24)26)7-13-9-20-23(2)10-13/h3-6,9-10,14H,7-8,11H2,1-2H3/t14-/m0/s1. The van der Waals surface area contributed by atoms with Gasteiger partial charge in [-0.15, -0.1) is 0 Å². The molecule has 2 aromatic heterocycles. The Balaban J connectivity index is 1.54. The fourth-order valence-corrected chi connectivity index (χ4v) is 3.45. The van der Waals surface area contributed by atoms with E-state index in [9.17, 15) is 9.59 Å². The minimum absolute atomic E-state index is 0.118. The van der Waals surface area contributed by atoms with E-state index in [-0.39, 0.29) is 30.7 Å². The van der Waals surface area contributed by atoms with Crippen molar-refractivity contribution in [1.29, 1.82) is 0 Å². The molecule has 1 fully saturated rings. The molecule has 7 nitrogen and oxygen atoms in total. The molecule has 0 radical (unpaired) electrons. The van der Waals surface area contributed by atoms with Crippen molar-refractivity contribution in [3.63, 3.8) is 0 Å². The van der Waals surface area contributed by atoms with Gasteiger partial charge in [-0.2, -0.15) is 5.10 Å². The minimum atomic E-state index is -0.340. The fourth-order valence-electron chi connectivity index (χ4n) is 3.45. The minimum Gasteiger partial charge on any atom is -0.276 e. The van der Waals surface area contributed by atoms with E-state index >= 15 is 0 Å². The highest BCUT2D eigenvalue weighted by Gasteiger charge is 2.39. The first-order valence-electron chi connectivity index (χ1n) is 8.55. The number of likely N-dealkylation sites (tertiary alicyclic amines) is 1. The van der Waals surface area contributed by atoms with E-state index in [1.54, 1.807) is 10.9 Å². The molecule has 1 aliphatic heterocycles. The summed E-state index contributed by atoms with van der Waals surface area (Å²) in [7, 11) is 1.83. The third kappa shape index (κ3) is 2.96. The number of benzene rings is 1. The Hall–Kier alpha value is -3.09. The number of amides is 2. The van der Waals surface area contributed by atoms with Crippen molar-refractivity contribution in [2.75, 3.05) is 0 Å². The van der Waals surface area contributed by atoms with Gasteiger partial charge < -0.3 is 0 Å². The largest absolute Gasteiger partial charge is 0.276 e. The van der Waals surface area contributed by atoms with Gasteiger partial charge in [-0.3, -0.25) is 19.2 Å². The van der Waals surface area contributed by atoms with Crippen LogP contribution >= 0.6 is 0 Å². The Kier molecular flexibility index (Phi) is 3.99. The molecule has 7 heteroatoms. The zero-order valence-electron chi connectivity index (χ0n) is 14.7. The number of carbonyl (C=O) groups excluding carboxylic acids is 2. The van der Waals surface area contributed by atoms with E-state index in [1.807, 2.05) is 44.4 Å². The summed E-state index contributed by atoms with van der Waals surface area (Å²) in [6, 6.07) is 7.72. The van der Waals surface area contributed by atoms with Crippen LogP contribution in [-0.2, 0) is 29.6 Å². The maximum atomic E-state index is 12.7. The van der Waals surface area contributed by atoms with Crippen molar-refractivity contribution >= 4 is 22.7 Å². The van der Waals surface area contributed by atoms with Gasteiger partial charge in [0, 0.05) is 30.7 Å². The molecule has 1 aliphatic rings. The van der Waals surface area contributed by atoms with Crippen LogP contribution in [0.1, 0.15) is 23.5 Å². The number of fused-ring (bicyclic) bond motifs is 1. The highest BCUT2D eigenvalue weighted by atomic mass is 16.2. The van der Waals surface area contributed by atoms with Gasteiger partial charge in [-0.1, -0.05) is 18.2 Å². The zero-order valence-corrected chi connectivity index (χ0v) is 14.7. The van der Waals surface area contributed by atoms with Crippen LogP contribution in [-0.4, -0.2) is 36.5 Å². The fraction of sp³-hybridized carbons (Fsp3) is 0.316. The molecule has 0 aliphatic carbocycles. The Morgan fingerprint density at radius 2 is 2.00 bits per heavy atom. The number of carbonyl (C=O) groups is 2. The molecule has 2 amide bonds. The van der Waals surface area contributed by atoms with E-state index in [2.05, 4.69) is 15.1 Å². The van der Waals surface area contributed by atoms with Gasteiger partial charge in [0.05, 0.1) is 24.2 Å². The second-order valence-corrected chi connectivity index (χ2v) is 6.69. The molecule has 3 heterocycles. The third-order valence-electron chi connectivity index (χ3n) is 4.72. The first kappa shape index (κ1) is 16.4. The number of imide groups is 1. The number of nitrogens with zero attached hydrogens (tertiary/aromatic N) is 5. The molecular weight excluding hydrogens is 330 g/mol. The van der Waals surface area contributed by atoms with E-state index in [1.165, 1.54) is 4.90 Å². The summed E-state index contributed by atoms with van der Waals surface area (Å²) >= 11 is 0. The Labute approximate surface area is 150 Å². The smallest absolute Gasteiger partial charge is 0.233 e. The van der Waals surface area contributed by atoms with Crippen molar-refractivity contribution < 1.29 is 9.59 Å². The van der Waals surface area contributed by atoms with Gasteiger partial charge in [0.25, 0.3) is 0 Å². The maximum Gasteiger partial charge on any atom is 0.233 e. The molecule has 1 saturated heterocycles.